The number of methoxy groups -OCH3 is 1. The lowest BCUT2D eigenvalue weighted by molar-refractivity contribution is 0.0162. The second-order valence-corrected chi connectivity index (χ2v) is 5.28. The summed E-state index contributed by atoms with van der Waals surface area (Å²) < 4.78 is 15.8. The average Bonchev–Trinajstić information content (AvgIpc) is 2.42. The van der Waals surface area contributed by atoms with Crippen LogP contribution >= 0.6 is 0 Å². The van der Waals surface area contributed by atoms with Crippen LogP contribution < -0.4 is 5.73 Å². The first-order valence-corrected chi connectivity index (χ1v) is 7.36. The Morgan fingerprint density at radius 3 is 2.53 bits per heavy atom. The van der Waals surface area contributed by atoms with Crippen LogP contribution in [0.3, 0.4) is 0 Å². The van der Waals surface area contributed by atoms with Crippen molar-refractivity contribution >= 4 is 0 Å². The highest BCUT2D eigenvalue weighted by Gasteiger charge is 2.22. The molecule has 1 fully saturated rings. The van der Waals surface area contributed by atoms with E-state index in [1.807, 2.05) is 0 Å². The fourth-order valence-corrected chi connectivity index (χ4v) is 2.38. The maximum atomic E-state index is 5.98. The molecule has 0 aliphatic carbocycles. The molecule has 0 aromatic heterocycles. The lowest BCUT2D eigenvalue weighted by Crippen LogP contribution is -2.43. The molecule has 0 radical (unpaired) electrons. The number of rotatable bonds is 10. The number of ether oxygens (including phenoxy) is 3. The first-order chi connectivity index (χ1) is 9.24. The van der Waals surface area contributed by atoms with Crippen LogP contribution in [0.1, 0.15) is 19.8 Å². The van der Waals surface area contributed by atoms with Crippen molar-refractivity contribution in [1.29, 1.82) is 0 Å². The van der Waals surface area contributed by atoms with Crippen LogP contribution in [0.25, 0.3) is 0 Å². The van der Waals surface area contributed by atoms with Gasteiger partial charge < -0.3 is 24.8 Å². The number of nitrogens with two attached hydrogens (primary N) is 1. The maximum Gasteiger partial charge on any atom is 0.0701 e. The van der Waals surface area contributed by atoms with Gasteiger partial charge in [-0.1, -0.05) is 0 Å². The maximum absolute atomic E-state index is 5.98. The third-order valence-corrected chi connectivity index (χ3v) is 3.64. The van der Waals surface area contributed by atoms with E-state index in [9.17, 15) is 0 Å². The fourth-order valence-electron chi connectivity index (χ4n) is 2.38. The second-order valence-electron chi connectivity index (χ2n) is 5.28. The molecule has 19 heavy (non-hydrogen) atoms. The third kappa shape index (κ3) is 7.84. The van der Waals surface area contributed by atoms with Gasteiger partial charge in [0.05, 0.1) is 33.0 Å². The van der Waals surface area contributed by atoms with Crippen molar-refractivity contribution in [3.63, 3.8) is 0 Å². The minimum atomic E-state index is 0.304. The number of piperidine rings is 1. The molecule has 1 rings (SSSR count). The summed E-state index contributed by atoms with van der Waals surface area (Å²) in [5.41, 5.74) is 5.98. The van der Waals surface area contributed by atoms with E-state index in [2.05, 4.69) is 11.8 Å². The Morgan fingerprint density at radius 2 is 1.84 bits per heavy atom. The smallest absolute Gasteiger partial charge is 0.0701 e. The van der Waals surface area contributed by atoms with Crippen LogP contribution in [0.5, 0.6) is 0 Å². The van der Waals surface area contributed by atoms with Gasteiger partial charge in [-0.2, -0.15) is 0 Å². The molecule has 1 aliphatic heterocycles. The van der Waals surface area contributed by atoms with E-state index in [1.54, 1.807) is 7.11 Å². The highest BCUT2D eigenvalue weighted by Crippen LogP contribution is 2.18. The SMILES string of the molecule is COCCOCCOCCN1CCCC(C(C)N)C1. The van der Waals surface area contributed by atoms with Crippen molar-refractivity contribution in [2.75, 3.05) is 59.8 Å². The van der Waals surface area contributed by atoms with Crippen LogP contribution in [0.15, 0.2) is 0 Å². The van der Waals surface area contributed by atoms with Gasteiger partial charge >= 0.3 is 0 Å². The zero-order valence-electron chi connectivity index (χ0n) is 12.5. The molecule has 114 valence electrons. The number of hydrogen-bond acceptors (Lipinski definition) is 5. The molecular weight excluding hydrogens is 244 g/mol. The summed E-state index contributed by atoms with van der Waals surface area (Å²) in [7, 11) is 1.67. The molecule has 1 aliphatic rings. The first kappa shape index (κ1) is 16.9. The summed E-state index contributed by atoms with van der Waals surface area (Å²) in [6.45, 7) is 8.78. The Morgan fingerprint density at radius 1 is 1.16 bits per heavy atom. The molecule has 0 aromatic rings. The van der Waals surface area contributed by atoms with Crippen LogP contribution in [0.2, 0.25) is 0 Å². The van der Waals surface area contributed by atoms with E-state index in [4.69, 9.17) is 19.9 Å². The first-order valence-electron chi connectivity index (χ1n) is 7.36. The van der Waals surface area contributed by atoms with Crippen molar-refractivity contribution in [1.82, 2.24) is 4.90 Å². The van der Waals surface area contributed by atoms with Gasteiger partial charge in [0.25, 0.3) is 0 Å². The van der Waals surface area contributed by atoms with E-state index < -0.39 is 0 Å². The fraction of sp³-hybridized carbons (Fsp3) is 1.00. The summed E-state index contributed by atoms with van der Waals surface area (Å²) in [6.07, 6.45) is 2.52. The summed E-state index contributed by atoms with van der Waals surface area (Å²) in [5.74, 6) is 0.645. The normalized spacial score (nSPS) is 22.6. The Hall–Kier alpha value is -0.200. The Labute approximate surface area is 117 Å². The summed E-state index contributed by atoms with van der Waals surface area (Å²) in [5, 5.41) is 0. The van der Waals surface area contributed by atoms with E-state index in [0.717, 1.165) is 19.7 Å². The number of likely N-dealkylation sites (tertiary alicyclic amines) is 1. The van der Waals surface area contributed by atoms with Crippen LogP contribution in [0, 0.1) is 5.92 Å². The topological polar surface area (TPSA) is 57.0 Å². The molecule has 0 bridgehead atoms. The Kier molecular flexibility index (Phi) is 9.38. The van der Waals surface area contributed by atoms with Crippen molar-refractivity contribution < 1.29 is 14.2 Å². The third-order valence-electron chi connectivity index (χ3n) is 3.64. The van der Waals surface area contributed by atoms with Crippen LogP contribution in [-0.4, -0.2) is 70.7 Å². The van der Waals surface area contributed by atoms with E-state index in [-0.39, 0.29) is 0 Å². The zero-order valence-corrected chi connectivity index (χ0v) is 12.5. The predicted octanol–water partition coefficient (Wildman–Crippen LogP) is 0.725. The van der Waals surface area contributed by atoms with Crippen molar-refractivity contribution in [3.05, 3.63) is 0 Å². The van der Waals surface area contributed by atoms with Gasteiger partial charge in [-0.05, 0) is 32.2 Å². The molecule has 2 atom stereocenters. The molecular formula is C14H30N2O3. The summed E-state index contributed by atoms with van der Waals surface area (Å²) in [6, 6.07) is 0.304. The molecule has 2 N–H and O–H groups in total. The number of hydrogen-bond donors (Lipinski definition) is 1. The largest absolute Gasteiger partial charge is 0.382 e. The second kappa shape index (κ2) is 10.6. The molecule has 2 unspecified atom stereocenters. The summed E-state index contributed by atoms with van der Waals surface area (Å²) >= 11 is 0. The van der Waals surface area contributed by atoms with Crippen LogP contribution in [-0.2, 0) is 14.2 Å². The molecule has 5 nitrogen and oxygen atoms in total. The van der Waals surface area contributed by atoms with Crippen LogP contribution in [0.4, 0.5) is 0 Å². The summed E-state index contributed by atoms with van der Waals surface area (Å²) in [4.78, 5) is 2.46. The molecule has 1 heterocycles. The van der Waals surface area contributed by atoms with Crippen molar-refractivity contribution in [2.45, 2.75) is 25.8 Å². The Bertz CT molecular complexity index is 215. The minimum absolute atomic E-state index is 0.304. The molecule has 0 spiro atoms. The van der Waals surface area contributed by atoms with E-state index in [0.29, 0.717) is 38.4 Å². The van der Waals surface area contributed by atoms with Crippen molar-refractivity contribution in [2.24, 2.45) is 11.7 Å². The minimum Gasteiger partial charge on any atom is -0.382 e. The molecule has 5 heteroatoms. The van der Waals surface area contributed by atoms with Gasteiger partial charge in [-0.15, -0.1) is 0 Å². The standard InChI is InChI=1S/C14H30N2O3/c1-13(15)14-4-3-5-16(12-14)6-7-18-10-11-19-9-8-17-2/h13-14H,3-12,15H2,1-2H3. The molecule has 1 saturated heterocycles. The molecule has 0 amide bonds. The lowest BCUT2D eigenvalue weighted by Gasteiger charge is -2.34. The quantitative estimate of drug-likeness (QED) is 0.595. The lowest BCUT2D eigenvalue weighted by atomic mass is 9.92. The van der Waals surface area contributed by atoms with Crippen molar-refractivity contribution in [3.8, 4) is 0 Å². The van der Waals surface area contributed by atoms with Gasteiger partial charge in [-0.25, -0.2) is 0 Å². The highest BCUT2D eigenvalue weighted by molar-refractivity contribution is 4.78. The predicted molar refractivity (Wildman–Crippen MR) is 76.3 cm³/mol. The Balaban J connectivity index is 1.94. The van der Waals surface area contributed by atoms with Gasteiger partial charge in [0.2, 0.25) is 0 Å². The van der Waals surface area contributed by atoms with Gasteiger partial charge in [0, 0.05) is 26.2 Å². The van der Waals surface area contributed by atoms with E-state index >= 15 is 0 Å². The van der Waals surface area contributed by atoms with E-state index in [1.165, 1.54) is 19.4 Å². The van der Waals surface area contributed by atoms with Gasteiger partial charge in [0.1, 0.15) is 0 Å². The number of nitrogens with zero attached hydrogens (tertiary/aromatic N) is 1. The van der Waals surface area contributed by atoms with Gasteiger partial charge in [0.15, 0.2) is 0 Å². The molecule has 0 saturated carbocycles. The monoisotopic (exact) mass is 274 g/mol. The molecule has 0 aromatic carbocycles. The average molecular weight is 274 g/mol. The zero-order chi connectivity index (χ0) is 13.9. The van der Waals surface area contributed by atoms with Gasteiger partial charge in [-0.3, -0.25) is 0 Å². The highest BCUT2D eigenvalue weighted by atomic mass is 16.5.